The van der Waals surface area contributed by atoms with Gasteiger partial charge in [-0.3, -0.25) is 4.79 Å². The first-order valence-electron chi connectivity index (χ1n) is 9.17. The number of hydrogen-bond acceptors (Lipinski definition) is 4. The van der Waals surface area contributed by atoms with Gasteiger partial charge in [-0.25, -0.2) is 9.18 Å². The number of hydrogen-bond donors (Lipinski definition) is 2. The highest BCUT2D eigenvalue weighted by Crippen LogP contribution is 2.32. The highest BCUT2D eigenvalue weighted by molar-refractivity contribution is 5.99. The molecule has 2 aromatic rings. The van der Waals surface area contributed by atoms with Crippen LogP contribution in [0.5, 0.6) is 5.75 Å². The van der Waals surface area contributed by atoms with Crippen LogP contribution in [-0.4, -0.2) is 49.1 Å². The van der Waals surface area contributed by atoms with Crippen molar-refractivity contribution in [1.29, 1.82) is 0 Å². The SMILES string of the molecule is CC1Oc2ccc(NC(=O)N3CCN(c4cccc(F)c4)CC3)cc2NC1=O. The summed E-state index contributed by atoms with van der Waals surface area (Å²) in [6.45, 7) is 4.00. The average Bonchev–Trinajstić information content (AvgIpc) is 2.69. The van der Waals surface area contributed by atoms with Crippen LogP contribution in [0.4, 0.5) is 26.2 Å². The van der Waals surface area contributed by atoms with Crippen LogP contribution in [-0.2, 0) is 4.79 Å². The molecule has 4 rings (SSSR count). The second-order valence-corrected chi connectivity index (χ2v) is 6.84. The number of halogens is 1. The Bertz CT molecular complexity index is 912. The summed E-state index contributed by atoms with van der Waals surface area (Å²) < 4.78 is 18.9. The Balaban J connectivity index is 1.36. The summed E-state index contributed by atoms with van der Waals surface area (Å²) in [7, 11) is 0. The minimum Gasteiger partial charge on any atom is -0.479 e. The van der Waals surface area contributed by atoms with Crippen LogP contribution in [0.25, 0.3) is 0 Å². The van der Waals surface area contributed by atoms with Gasteiger partial charge in [-0.05, 0) is 43.3 Å². The lowest BCUT2D eigenvalue weighted by atomic mass is 10.2. The summed E-state index contributed by atoms with van der Waals surface area (Å²) in [6.07, 6.45) is -0.540. The minimum atomic E-state index is -0.540. The van der Waals surface area contributed by atoms with E-state index in [1.54, 1.807) is 36.1 Å². The Morgan fingerprint density at radius 1 is 1.18 bits per heavy atom. The largest absolute Gasteiger partial charge is 0.479 e. The number of ether oxygens (including phenoxy) is 1. The van der Waals surface area contributed by atoms with E-state index < -0.39 is 6.10 Å². The molecule has 0 saturated carbocycles. The predicted molar refractivity (Wildman–Crippen MR) is 104 cm³/mol. The molecule has 7 nitrogen and oxygen atoms in total. The van der Waals surface area contributed by atoms with Crippen molar-refractivity contribution in [2.24, 2.45) is 0 Å². The van der Waals surface area contributed by atoms with Crippen molar-refractivity contribution in [2.45, 2.75) is 13.0 Å². The first-order chi connectivity index (χ1) is 13.5. The fourth-order valence-corrected chi connectivity index (χ4v) is 3.33. The van der Waals surface area contributed by atoms with E-state index in [1.165, 1.54) is 12.1 Å². The van der Waals surface area contributed by atoms with Crippen molar-refractivity contribution in [1.82, 2.24) is 4.90 Å². The van der Waals surface area contributed by atoms with E-state index in [0.29, 0.717) is 43.3 Å². The molecule has 0 aliphatic carbocycles. The van der Waals surface area contributed by atoms with E-state index in [2.05, 4.69) is 15.5 Å². The van der Waals surface area contributed by atoms with Gasteiger partial charge in [0.05, 0.1) is 5.69 Å². The standard InChI is InChI=1S/C20H21FN4O3/c1-13-19(26)23-17-12-15(5-6-18(17)28-13)22-20(27)25-9-7-24(8-10-25)16-4-2-3-14(21)11-16/h2-6,11-13H,7-10H2,1H3,(H,22,27)(H,23,26). The molecule has 2 heterocycles. The molecule has 3 amide bonds. The Labute approximate surface area is 162 Å². The molecule has 146 valence electrons. The summed E-state index contributed by atoms with van der Waals surface area (Å²) >= 11 is 0. The van der Waals surface area contributed by atoms with Crippen LogP contribution >= 0.6 is 0 Å². The molecule has 0 radical (unpaired) electrons. The van der Waals surface area contributed by atoms with Crippen LogP contribution in [0.3, 0.4) is 0 Å². The van der Waals surface area contributed by atoms with Crippen molar-refractivity contribution >= 4 is 29.0 Å². The van der Waals surface area contributed by atoms with Gasteiger partial charge in [0.15, 0.2) is 6.10 Å². The van der Waals surface area contributed by atoms with Gasteiger partial charge in [-0.2, -0.15) is 0 Å². The molecule has 8 heteroatoms. The lowest BCUT2D eigenvalue weighted by Gasteiger charge is -2.36. The monoisotopic (exact) mass is 384 g/mol. The van der Waals surface area contributed by atoms with Gasteiger partial charge in [-0.1, -0.05) is 6.07 Å². The fourth-order valence-electron chi connectivity index (χ4n) is 3.33. The molecule has 2 aromatic carbocycles. The molecule has 1 fully saturated rings. The number of nitrogens with zero attached hydrogens (tertiary/aromatic N) is 2. The fraction of sp³-hybridized carbons (Fsp3) is 0.300. The normalized spacial score (nSPS) is 18.8. The topological polar surface area (TPSA) is 73.9 Å². The number of fused-ring (bicyclic) bond motifs is 1. The van der Waals surface area contributed by atoms with E-state index in [9.17, 15) is 14.0 Å². The van der Waals surface area contributed by atoms with Gasteiger partial charge in [0.2, 0.25) is 0 Å². The number of carbonyl (C=O) groups excluding carboxylic acids is 2. The number of urea groups is 1. The molecule has 2 aliphatic rings. The Hall–Kier alpha value is -3.29. The summed E-state index contributed by atoms with van der Waals surface area (Å²) in [5.74, 6) is 0.0915. The van der Waals surface area contributed by atoms with E-state index in [1.807, 2.05) is 6.07 Å². The predicted octanol–water partition coefficient (Wildman–Crippen LogP) is 2.90. The van der Waals surface area contributed by atoms with Crippen molar-refractivity contribution in [3.05, 3.63) is 48.3 Å². The zero-order chi connectivity index (χ0) is 19.7. The number of piperazine rings is 1. The van der Waals surface area contributed by atoms with Gasteiger partial charge in [0, 0.05) is 37.6 Å². The number of benzene rings is 2. The van der Waals surface area contributed by atoms with E-state index in [-0.39, 0.29) is 17.8 Å². The molecule has 0 bridgehead atoms. The van der Waals surface area contributed by atoms with Gasteiger partial charge in [0.25, 0.3) is 5.91 Å². The first-order valence-corrected chi connectivity index (χ1v) is 9.17. The quantitative estimate of drug-likeness (QED) is 0.835. The molecule has 1 unspecified atom stereocenters. The first kappa shape index (κ1) is 18.1. The second-order valence-electron chi connectivity index (χ2n) is 6.84. The zero-order valence-corrected chi connectivity index (χ0v) is 15.4. The van der Waals surface area contributed by atoms with Crippen LogP contribution in [0.15, 0.2) is 42.5 Å². The third-order valence-corrected chi connectivity index (χ3v) is 4.90. The van der Waals surface area contributed by atoms with Crippen molar-refractivity contribution in [3.8, 4) is 5.75 Å². The average molecular weight is 384 g/mol. The van der Waals surface area contributed by atoms with Gasteiger partial charge < -0.3 is 25.2 Å². The van der Waals surface area contributed by atoms with Crippen molar-refractivity contribution in [3.63, 3.8) is 0 Å². The number of rotatable bonds is 2. The maximum atomic E-state index is 13.4. The zero-order valence-electron chi connectivity index (χ0n) is 15.4. The van der Waals surface area contributed by atoms with Crippen LogP contribution < -0.4 is 20.3 Å². The second kappa shape index (κ2) is 7.38. The molecule has 1 saturated heterocycles. The van der Waals surface area contributed by atoms with Gasteiger partial charge in [-0.15, -0.1) is 0 Å². The van der Waals surface area contributed by atoms with Crippen LogP contribution in [0.1, 0.15) is 6.92 Å². The van der Waals surface area contributed by atoms with Crippen molar-refractivity contribution < 1.29 is 18.7 Å². The number of nitrogens with one attached hydrogen (secondary N) is 2. The molecule has 28 heavy (non-hydrogen) atoms. The molecule has 2 aliphatic heterocycles. The highest BCUT2D eigenvalue weighted by atomic mass is 19.1. The Morgan fingerprint density at radius 3 is 2.71 bits per heavy atom. The Morgan fingerprint density at radius 2 is 1.96 bits per heavy atom. The number of anilines is 3. The molecule has 2 N–H and O–H groups in total. The van der Waals surface area contributed by atoms with Crippen LogP contribution in [0, 0.1) is 5.82 Å². The van der Waals surface area contributed by atoms with Gasteiger partial charge in [0.1, 0.15) is 11.6 Å². The summed E-state index contributed by atoms with van der Waals surface area (Å²) in [5, 5.41) is 5.62. The molecular weight excluding hydrogens is 363 g/mol. The van der Waals surface area contributed by atoms with E-state index >= 15 is 0 Å². The summed E-state index contributed by atoms with van der Waals surface area (Å²) in [4.78, 5) is 28.1. The third-order valence-electron chi connectivity index (χ3n) is 4.90. The van der Waals surface area contributed by atoms with Gasteiger partial charge >= 0.3 is 6.03 Å². The lowest BCUT2D eigenvalue weighted by Crippen LogP contribution is -2.50. The summed E-state index contributed by atoms with van der Waals surface area (Å²) in [6, 6.07) is 11.4. The van der Waals surface area contributed by atoms with E-state index in [4.69, 9.17) is 4.74 Å². The lowest BCUT2D eigenvalue weighted by molar-refractivity contribution is -0.122. The Kier molecular flexibility index (Phi) is 4.77. The molecule has 0 spiro atoms. The maximum Gasteiger partial charge on any atom is 0.321 e. The maximum absolute atomic E-state index is 13.4. The number of amides is 3. The minimum absolute atomic E-state index is 0.213. The number of carbonyl (C=O) groups is 2. The molecule has 1 atom stereocenters. The highest BCUT2D eigenvalue weighted by Gasteiger charge is 2.25. The van der Waals surface area contributed by atoms with E-state index in [0.717, 1.165) is 5.69 Å². The molecular formula is C20H21FN4O3. The third kappa shape index (κ3) is 3.71. The summed E-state index contributed by atoms with van der Waals surface area (Å²) in [5.41, 5.74) is 1.94. The molecule has 0 aromatic heterocycles. The van der Waals surface area contributed by atoms with Crippen molar-refractivity contribution in [2.75, 3.05) is 41.7 Å². The smallest absolute Gasteiger partial charge is 0.321 e. The van der Waals surface area contributed by atoms with Crippen LogP contribution in [0.2, 0.25) is 0 Å².